The van der Waals surface area contributed by atoms with E-state index in [0.717, 1.165) is 10.4 Å². The van der Waals surface area contributed by atoms with E-state index in [1.165, 1.54) is 56.6 Å². The minimum absolute atomic E-state index is 0.0108. The molecule has 0 saturated carbocycles. The van der Waals surface area contributed by atoms with Crippen LogP contribution in [0.5, 0.6) is 11.5 Å². The Labute approximate surface area is 157 Å². The molecule has 2 aromatic rings. The number of nitrogens with zero attached hydrogens (tertiary/aromatic N) is 1. The molecule has 0 aliphatic heterocycles. The lowest BCUT2D eigenvalue weighted by Gasteiger charge is -2.12. The van der Waals surface area contributed by atoms with Crippen molar-refractivity contribution < 1.29 is 31.8 Å². The van der Waals surface area contributed by atoms with Crippen LogP contribution in [0.15, 0.2) is 53.4 Å². The number of esters is 1. The standard InChI is InChI=1S/C18H20FNO6S/c1-20(2)27(22,23)17-8-6-15(7-9-17)24-10-11-25-18(21)13-26-16-5-3-4-14(19)12-16/h3-9,12H,10-11,13H2,1-2H3. The second kappa shape index (κ2) is 9.33. The molecule has 0 heterocycles. The van der Waals surface area contributed by atoms with Gasteiger partial charge in [0, 0.05) is 20.2 Å². The van der Waals surface area contributed by atoms with Gasteiger partial charge in [0.25, 0.3) is 0 Å². The van der Waals surface area contributed by atoms with E-state index < -0.39 is 21.8 Å². The van der Waals surface area contributed by atoms with Crippen molar-refractivity contribution in [1.29, 1.82) is 0 Å². The first kappa shape index (κ1) is 20.7. The van der Waals surface area contributed by atoms with Gasteiger partial charge in [-0.05, 0) is 36.4 Å². The van der Waals surface area contributed by atoms with Crippen LogP contribution >= 0.6 is 0 Å². The molecule has 0 bridgehead atoms. The fourth-order valence-corrected chi connectivity index (χ4v) is 2.88. The number of carbonyl (C=O) groups is 1. The summed E-state index contributed by atoms with van der Waals surface area (Å²) in [6.45, 7) is -0.269. The van der Waals surface area contributed by atoms with Crippen molar-refractivity contribution in [1.82, 2.24) is 4.31 Å². The Hall–Kier alpha value is -2.65. The van der Waals surface area contributed by atoms with Crippen molar-refractivity contribution in [2.45, 2.75) is 4.90 Å². The second-order valence-corrected chi connectivity index (χ2v) is 7.73. The van der Waals surface area contributed by atoms with Gasteiger partial charge in [0.2, 0.25) is 10.0 Å². The van der Waals surface area contributed by atoms with Crippen LogP contribution in [0.1, 0.15) is 0 Å². The van der Waals surface area contributed by atoms with Gasteiger partial charge in [-0.3, -0.25) is 0 Å². The molecular formula is C18H20FNO6S. The van der Waals surface area contributed by atoms with Gasteiger partial charge < -0.3 is 14.2 Å². The SMILES string of the molecule is CN(C)S(=O)(=O)c1ccc(OCCOC(=O)COc2cccc(F)c2)cc1. The molecule has 0 saturated heterocycles. The first-order chi connectivity index (χ1) is 12.8. The molecule has 0 spiro atoms. The smallest absolute Gasteiger partial charge is 0.344 e. The molecule has 0 aliphatic carbocycles. The highest BCUT2D eigenvalue weighted by molar-refractivity contribution is 7.89. The van der Waals surface area contributed by atoms with E-state index in [1.54, 1.807) is 0 Å². The molecule has 0 amide bonds. The van der Waals surface area contributed by atoms with Gasteiger partial charge in [0.1, 0.15) is 30.5 Å². The third-order valence-electron chi connectivity index (χ3n) is 3.37. The molecule has 0 N–H and O–H groups in total. The maximum atomic E-state index is 13.0. The largest absolute Gasteiger partial charge is 0.490 e. The topological polar surface area (TPSA) is 82.1 Å². The number of hydrogen-bond acceptors (Lipinski definition) is 6. The van der Waals surface area contributed by atoms with E-state index in [1.807, 2.05) is 0 Å². The van der Waals surface area contributed by atoms with Crippen molar-refractivity contribution in [2.24, 2.45) is 0 Å². The fourth-order valence-electron chi connectivity index (χ4n) is 1.97. The molecule has 0 radical (unpaired) electrons. The summed E-state index contributed by atoms with van der Waals surface area (Å²) in [5, 5.41) is 0. The molecule has 0 aliphatic rings. The molecule has 27 heavy (non-hydrogen) atoms. The van der Waals surface area contributed by atoms with Gasteiger partial charge >= 0.3 is 5.97 Å². The Bertz CT molecular complexity index is 868. The monoisotopic (exact) mass is 397 g/mol. The second-order valence-electron chi connectivity index (χ2n) is 5.57. The summed E-state index contributed by atoms with van der Waals surface area (Å²) < 4.78 is 53.5. The van der Waals surface area contributed by atoms with Crippen molar-refractivity contribution >= 4 is 16.0 Å². The molecular weight excluding hydrogens is 377 g/mol. The van der Waals surface area contributed by atoms with Gasteiger partial charge in [-0.1, -0.05) is 6.07 Å². The summed E-state index contributed by atoms with van der Waals surface area (Å²) in [6, 6.07) is 11.3. The van der Waals surface area contributed by atoms with Crippen LogP contribution in [-0.4, -0.2) is 52.6 Å². The Balaban J connectivity index is 1.71. The summed E-state index contributed by atoms with van der Waals surface area (Å²) >= 11 is 0. The van der Waals surface area contributed by atoms with Gasteiger partial charge in [0.05, 0.1) is 4.90 Å². The normalized spacial score (nSPS) is 11.3. The van der Waals surface area contributed by atoms with E-state index in [2.05, 4.69) is 0 Å². The quantitative estimate of drug-likeness (QED) is 0.476. The number of halogens is 1. The molecule has 2 rings (SSSR count). The summed E-state index contributed by atoms with van der Waals surface area (Å²) in [5.74, 6) is -0.398. The Morgan fingerprint density at radius 3 is 2.33 bits per heavy atom. The van der Waals surface area contributed by atoms with Crippen molar-refractivity contribution in [3.05, 3.63) is 54.3 Å². The van der Waals surface area contributed by atoms with Gasteiger partial charge in [-0.15, -0.1) is 0 Å². The number of sulfonamides is 1. The van der Waals surface area contributed by atoms with E-state index in [-0.39, 0.29) is 30.5 Å². The zero-order chi connectivity index (χ0) is 19.9. The Morgan fingerprint density at radius 2 is 1.70 bits per heavy atom. The lowest BCUT2D eigenvalue weighted by atomic mass is 10.3. The molecule has 0 fully saturated rings. The van der Waals surface area contributed by atoms with E-state index in [9.17, 15) is 17.6 Å². The number of benzene rings is 2. The Morgan fingerprint density at radius 1 is 1.00 bits per heavy atom. The zero-order valence-corrected chi connectivity index (χ0v) is 15.7. The van der Waals surface area contributed by atoms with Crippen LogP contribution in [0.4, 0.5) is 4.39 Å². The zero-order valence-electron chi connectivity index (χ0n) is 14.9. The maximum absolute atomic E-state index is 13.0. The third-order valence-corrected chi connectivity index (χ3v) is 5.20. The predicted octanol–water partition coefficient (Wildman–Crippen LogP) is 2.08. The van der Waals surface area contributed by atoms with Crippen LogP contribution in [0, 0.1) is 5.82 Å². The number of hydrogen-bond donors (Lipinski definition) is 0. The van der Waals surface area contributed by atoms with Gasteiger partial charge in [0.15, 0.2) is 6.61 Å². The summed E-state index contributed by atoms with van der Waals surface area (Å²) in [4.78, 5) is 11.7. The Kier molecular flexibility index (Phi) is 7.14. The van der Waals surface area contributed by atoms with Crippen LogP contribution < -0.4 is 9.47 Å². The van der Waals surface area contributed by atoms with Crippen molar-refractivity contribution in [3.8, 4) is 11.5 Å². The minimum atomic E-state index is -3.49. The number of ether oxygens (including phenoxy) is 3. The third kappa shape index (κ3) is 6.22. The van der Waals surface area contributed by atoms with Crippen LogP contribution in [0.2, 0.25) is 0 Å². The molecule has 9 heteroatoms. The highest BCUT2D eigenvalue weighted by Crippen LogP contribution is 2.18. The van der Waals surface area contributed by atoms with E-state index in [0.29, 0.717) is 5.75 Å². The average molecular weight is 397 g/mol. The van der Waals surface area contributed by atoms with Crippen molar-refractivity contribution in [2.75, 3.05) is 33.9 Å². The minimum Gasteiger partial charge on any atom is -0.490 e. The van der Waals surface area contributed by atoms with Gasteiger partial charge in [-0.25, -0.2) is 21.9 Å². The molecule has 7 nitrogen and oxygen atoms in total. The molecule has 146 valence electrons. The fraction of sp³-hybridized carbons (Fsp3) is 0.278. The molecule has 0 aromatic heterocycles. The number of rotatable bonds is 9. The van der Waals surface area contributed by atoms with Crippen LogP contribution in [-0.2, 0) is 19.6 Å². The number of carbonyl (C=O) groups excluding carboxylic acids is 1. The lowest BCUT2D eigenvalue weighted by Crippen LogP contribution is -2.22. The van der Waals surface area contributed by atoms with Crippen LogP contribution in [0.25, 0.3) is 0 Å². The van der Waals surface area contributed by atoms with E-state index in [4.69, 9.17) is 14.2 Å². The van der Waals surface area contributed by atoms with Crippen molar-refractivity contribution in [3.63, 3.8) is 0 Å². The summed E-state index contributed by atoms with van der Waals surface area (Å²) in [5.41, 5.74) is 0. The highest BCUT2D eigenvalue weighted by atomic mass is 32.2. The van der Waals surface area contributed by atoms with Crippen LogP contribution in [0.3, 0.4) is 0 Å². The van der Waals surface area contributed by atoms with E-state index >= 15 is 0 Å². The predicted molar refractivity (Wildman–Crippen MR) is 95.7 cm³/mol. The molecule has 2 aromatic carbocycles. The molecule has 0 atom stereocenters. The lowest BCUT2D eigenvalue weighted by molar-refractivity contribution is -0.146. The first-order valence-corrected chi connectivity index (χ1v) is 9.42. The highest BCUT2D eigenvalue weighted by Gasteiger charge is 2.16. The molecule has 0 unspecified atom stereocenters. The summed E-state index contributed by atoms with van der Waals surface area (Å²) in [7, 11) is -0.590. The first-order valence-electron chi connectivity index (χ1n) is 7.98. The average Bonchev–Trinajstić information content (AvgIpc) is 2.64. The van der Waals surface area contributed by atoms with Gasteiger partial charge in [-0.2, -0.15) is 0 Å². The maximum Gasteiger partial charge on any atom is 0.344 e. The summed E-state index contributed by atoms with van der Waals surface area (Å²) in [6.07, 6.45) is 0.